The summed E-state index contributed by atoms with van der Waals surface area (Å²) in [5, 5.41) is 3.61. The second kappa shape index (κ2) is 5.90. The van der Waals surface area contributed by atoms with Gasteiger partial charge in [-0.1, -0.05) is 29.3 Å². The Morgan fingerprint density at radius 1 is 1.32 bits per heavy atom. The van der Waals surface area contributed by atoms with Gasteiger partial charge in [-0.2, -0.15) is 0 Å². The first-order valence-electron chi connectivity index (χ1n) is 5.36. The largest absolute Gasteiger partial charge is 0.321 e. The van der Waals surface area contributed by atoms with Gasteiger partial charge in [0, 0.05) is 10.6 Å². The molecule has 98 valence electrons. The van der Waals surface area contributed by atoms with E-state index in [-0.39, 0.29) is 5.91 Å². The summed E-state index contributed by atoms with van der Waals surface area (Å²) in [4.78, 5) is 16.1. The molecule has 1 N–H and O–H groups in total. The van der Waals surface area contributed by atoms with Crippen LogP contribution in [0.2, 0.25) is 10.2 Å². The predicted molar refractivity (Wildman–Crippen MR) is 81.1 cm³/mol. The fourth-order valence-electron chi connectivity index (χ4n) is 1.53. The summed E-state index contributed by atoms with van der Waals surface area (Å²) >= 11 is 14.9. The number of nitrogens with zero attached hydrogens (tertiary/aromatic N) is 1. The van der Waals surface area contributed by atoms with E-state index in [2.05, 4.69) is 26.2 Å². The molecule has 2 aromatic rings. The van der Waals surface area contributed by atoms with Crippen LogP contribution in [0.25, 0.3) is 0 Å². The molecule has 0 aliphatic heterocycles. The van der Waals surface area contributed by atoms with Gasteiger partial charge in [0.05, 0.1) is 16.4 Å². The molecule has 0 radical (unpaired) electrons. The molecule has 19 heavy (non-hydrogen) atoms. The summed E-state index contributed by atoms with van der Waals surface area (Å²) in [7, 11) is 0. The van der Waals surface area contributed by atoms with E-state index < -0.39 is 0 Å². The number of carbonyl (C=O) groups excluding carboxylic acids is 1. The Morgan fingerprint density at radius 3 is 2.74 bits per heavy atom. The fourth-order valence-corrected chi connectivity index (χ4v) is 2.15. The number of aryl methyl sites for hydroxylation is 1. The summed E-state index contributed by atoms with van der Waals surface area (Å²) in [6, 6.07) is 6.86. The maximum absolute atomic E-state index is 12.1. The first-order valence-corrected chi connectivity index (χ1v) is 6.91. The lowest BCUT2D eigenvalue weighted by molar-refractivity contribution is 0.102. The van der Waals surface area contributed by atoms with E-state index in [0.717, 1.165) is 5.56 Å². The van der Waals surface area contributed by atoms with Gasteiger partial charge in [-0.15, -0.1) is 0 Å². The van der Waals surface area contributed by atoms with Gasteiger partial charge in [-0.3, -0.25) is 4.79 Å². The number of nitrogens with one attached hydrogen (secondary N) is 1. The topological polar surface area (TPSA) is 42.0 Å². The molecule has 0 atom stereocenters. The summed E-state index contributed by atoms with van der Waals surface area (Å²) in [6.45, 7) is 1.85. The van der Waals surface area contributed by atoms with Crippen molar-refractivity contribution in [3.8, 4) is 0 Å². The van der Waals surface area contributed by atoms with Crippen molar-refractivity contribution < 1.29 is 4.79 Å². The Morgan fingerprint density at radius 2 is 2.05 bits per heavy atom. The van der Waals surface area contributed by atoms with Crippen molar-refractivity contribution in [1.29, 1.82) is 0 Å². The van der Waals surface area contributed by atoms with Crippen molar-refractivity contribution in [2.24, 2.45) is 0 Å². The van der Waals surface area contributed by atoms with E-state index in [9.17, 15) is 4.79 Å². The third kappa shape index (κ3) is 3.47. The Bertz CT molecular complexity index is 647. The molecular weight excluding hydrogens is 351 g/mol. The minimum Gasteiger partial charge on any atom is -0.321 e. The van der Waals surface area contributed by atoms with Crippen molar-refractivity contribution in [1.82, 2.24) is 4.98 Å². The zero-order valence-electron chi connectivity index (χ0n) is 9.88. The third-order valence-electron chi connectivity index (χ3n) is 2.50. The van der Waals surface area contributed by atoms with E-state index >= 15 is 0 Å². The second-order valence-electron chi connectivity index (χ2n) is 3.91. The van der Waals surface area contributed by atoms with Crippen LogP contribution in [0.4, 0.5) is 5.69 Å². The summed E-state index contributed by atoms with van der Waals surface area (Å²) in [5.74, 6) is -0.240. The molecule has 0 saturated carbocycles. The highest BCUT2D eigenvalue weighted by molar-refractivity contribution is 9.10. The molecule has 1 amide bonds. The van der Waals surface area contributed by atoms with E-state index in [1.807, 2.05) is 6.92 Å². The van der Waals surface area contributed by atoms with Gasteiger partial charge in [0.25, 0.3) is 5.91 Å². The molecule has 0 spiro atoms. The Balaban J connectivity index is 2.25. The van der Waals surface area contributed by atoms with Crippen LogP contribution in [0.15, 0.2) is 34.9 Å². The van der Waals surface area contributed by atoms with Gasteiger partial charge >= 0.3 is 0 Å². The highest BCUT2D eigenvalue weighted by Crippen LogP contribution is 2.23. The zero-order valence-corrected chi connectivity index (χ0v) is 13.0. The Hall–Kier alpha value is -1.10. The van der Waals surface area contributed by atoms with Crippen LogP contribution < -0.4 is 5.32 Å². The Labute approximate surface area is 129 Å². The van der Waals surface area contributed by atoms with E-state index in [0.29, 0.717) is 25.9 Å². The van der Waals surface area contributed by atoms with Gasteiger partial charge in [0.15, 0.2) is 0 Å². The quantitative estimate of drug-likeness (QED) is 0.789. The highest BCUT2D eigenvalue weighted by Gasteiger charge is 2.11. The molecule has 0 unspecified atom stereocenters. The molecule has 2 rings (SSSR count). The van der Waals surface area contributed by atoms with Gasteiger partial charge in [-0.05, 0) is 46.6 Å². The summed E-state index contributed by atoms with van der Waals surface area (Å²) in [6.07, 6.45) is 1.49. The molecule has 3 nitrogen and oxygen atoms in total. The van der Waals surface area contributed by atoms with E-state index in [1.54, 1.807) is 24.3 Å². The average molecular weight is 360 g/mol. The maximum Gasteiger partial charge on any atom is 0.256 e. The normalized spacial score (nSPS) is 10.3. The standard InChI is InChI=1S/C13H9BrCl2N2O/c1-7-2-3-8(15)4-10(7)13(19)18-9-5-11(14)12(16)17-6-9/h2-6H,1H3,(H,18,19). The Kier molecular flexibility index (Phi) is 4.45. The lowest BCUT2D eigenvalue weighted by Crippen LogP contribution is -2.13. The molecular formula is C13H9BrCl2N2O. The molecule has 0 bridgehead atoms. The minimum atomic E-state index is -0.240. The van der Waals surface area contributed by atoms with Crippen molar-refractivity contribution in [2.75, 3.05) is 5.32 Å². The number of hydrogen-bond acceptors (Lipinski definition) is 2. The van der Waals surface area contributed by atoms with Crippen molar-refractivity contribution in [3.63, 3.8) is 0 Å². The van der Waals surface area contributed by atoms with Gasteiger partial charge in [0.2, 0.25) is 0 Å². The SMILES string of the molecule is Cc1ccc(Cl)cc1C(=O)Nc1cnc(Cl)c(Br)c1. The van der Waals surface area contributed by atoms with Crippen LogP contribution in [0, 0.1) is 6.92 Å². The van der Waals surface area contributed by atoms with Crippen LogP contribution in [-0.4, -0.2) is 10.9 Å². The van der Waals surface area contributed by atoms with Gasteiger partial charge in [0.1, 0.15) is 5.15 Å². The van der Waals surface area contributed by atoms with Gasteiger partial charge < -0.3 is 5.32 Å². The van der Waals surface area contributed by atoms with Crippen LogP contribution in [0.1, 0.15) is 15.9 Å². The number of benzene rings is 1. The minimum absolute atomic E-state index is 0.240. The zero-order chi connectivity index (χ0) is 14.0. The molecule has 1 heterocycles. The molecule has 1 aromatic heterocycles. The van der Waals surface area contributed by atoms with Gasteiger partial charge in [-0.25, -0.2) is 4.98 Å². The fraction of sp³-hybridized carbons (Fsp3) is 0.0769. The first-order chi connectivity index (χ1) is 8.97. The maximum atomic E-state index is 12.1. The van der Waals surface area contributed by atoms with Crippen LogP contribution >= 0.6 is 39.1 Å². The number of amides is 1. The van der Waals surface area contributed by atoms with Crippen LogP contribution in [0.5, 0.6) is 0 Å². The molecule has 0 aliphatic carbocycles. The van der Waals surface area contributed by atoms with Crippen LogP contribution in [-0.2, 0) is 0 Å². The molecule has 0 saturated heterocycles. The highest BCUT2D eigenvalue weighted by atomic mass is 79.9. The number of aromatic nitrogens is 1. The van der Waals surface area contributed by atoms with Crippen molar-refractivity contribution in [3.05, 3.63) is 56.2 Å². The number of carbonyl (C=O) groups is 1. The molecule has 6 heteroatoms. The lowest BCUT2D eigenvalue weighted by Gasteiger charge is -2.08. The summed E-state index contributed by atoms with van der Waals surface area (Å²) in [5.41, 5.74) is 1.93. The first kappa shape index (κ1) is 14.3. The summed E-state index contributed by atoms with van der Waals surface area (Å²) < 4.78 is 0.620. The predicted octanol–water partition coefficient (Wildman–Crippen LogP) is 4.71. The number of rotatable bonds is 2. The van der Waals surface area contributed by atoms with Crippen molar-refractivity contribution >= 4 is 50.7 Å². The third-order valence-corrected chi connectivity index (χ3v) is 3.87. The second-order valence-corrected chi connectivity index (χ2v) is 5.56. The number of pyridine rings is 1. The monoisotopic (exact) mass is 358 g/mol. The van der Waals surface area contributed by atoms with E-state index in [4.69, 9.17) is 23.2 Å². The lowest BCUT2D eigenvalue weighted by atomic mass is 10.1. The van der Waals surface area contributed by atoms with E-state index in [1.165, 1.54) is 6.20 Å². The number of hydrogen-bond donors (Lipinski definition) is 1. The van der Waals surface area contributed by atoms with Crippen molar-refractivity contribution in [2.45, 2.75) is 6.92 Å². The molecule has 1 aromatic carbocycles. The molecule has 0 fully saturated rings. The number of halogens is 3. The number of anilines is 1. The average Bonchev–Trinajstić information content (AvgIpc) is 2.36. The van der Waals surface area contributed by atoms with Crippen LogP contribution in [0.3, 0.4) is 0 Å². The molecule has 0 aliphatic rings. The smallest absolute Gasteiger partial charge is 0.256 e.